The fourth-order valence-corrected chi connectivity index (χ4v) is 7.77. The molecule has 3 heteroatoms. The zero-order valence-corrected chi connectivity index (χ0v) is 25.1. The number of imidazole rings is 1. The second kappa shape index (κ2) is 9.79. The molecule has 8 aromatic rings. The largest absolute Gasteiger partial charge is 0.333 e. The van der Waals surface area contributed by atoms with Gasteiger partial charge in [-0.25, -0.2) is 4.98 Å². The van der Waals surface area contributed by atoms with E-state index in [1.54, 1.807) is 0 Å². The van der Waals surface area contributed by atoms with Crippen LogP contribution in [0.15, 0.2) is 164 Å². The summed E-state index contributed by atoms with van der Waals surface area (Å²) in [4.78, 5) is 7.56. The van der Waals surface area contributed by atoms with Crippen molar-refractivity contribution < 1.29 is 0 Å². The van der Waals surface area contributed by atoms with Crippen LogP contribution >= 0.6 is 0 Å². The number of aromatic nitrogens is 2. The summed E-state index contributed by atoms with van der Waals surface area (Å²) in [7, 11) is 0. The number of fused-ring (bicyclic) bond motifs is 11. The molecule has 0 amide bonds. The van der Waals surface area contributed by atoms with Crippen molar-refractivity contribution >= 4 is 49.7 Å². The van der Waals surface area contributed by atoms with Crippen molar-refractivity contribution in [1.29, 1.82) is 0 Å². The Kier molecular flexibility index (Phi) is 5.40. The molecular weight excluding hydrogens is 558 g/mol. The molecule has 0 N–H and O–H groups in total. The van der Waals surface area contributed by atoms with E-state index >= 15 is 0 Å². The molecule has 1 aliphatic heterocycles. The molecule has 0 fully saturated rings. The Morgan fingerprint density at radius 2 is 1.22 bits per heavy atom. The van der Waals surface area contributed by atoms with Crippen molar-refractivity contribution in [3.63, 3.8) is 0 Å². The van der Waals surface area contributed by atoms with Crippen molar-refractivity contribution in [2.75, 3.05) is 4.90 Å². The third-order valence-corrected chi connectivity index (χ3v) is 9.89. The van der Waals surface area contributed by atoms with Crippen molar-refractivity contribution in [2.24, 2.45) is 0 Å². The first-order valence-corrected chi connectivity index (χ1v) is 16.0. The number of allylic oxidation sites excluding steroid dienone is 2. The molecule has 10 rings (SSSR count). The van der Waals surface area contributed by atoms with Crippen LogP contribution in [0.3, 0.4) is 0 Å². The molecule has 2 aliphatic rings. The molecule has 6 aromatic carbocycles. The van der Waals surface area contributed by atoms with Crippen LogP contribution in [0.1, 0.15) is 11.5 Å². The molecule has 0 spiro atoms. The lowest BCUT2D eigenvalue weighted by Crippen LogP contribution is -2.28. The lowest BCUT2D eigenvalue weighted by molar-refractivity contribution is 0.745. The summed E-state index contributed by atoms with van der Waals surface area (Å²) in [5, 5.41) is 3.62. The zero-order chi connectivity index (χ0) is 30.2. The van der Waals surface area contributed by atoms with E-state index in [0.717, 1.165) is 16.7 Å². The number of nitrogens with zero attached hydrogens (tertiary/aromatic N) is 3. The second-order valence-corrected chi connectivity index (χ2v) is 12.4. The van der Waals surface area contributed by atoms with Gasteiger partial charge in [-0.1, -0.05) is 109 Å². The van der Waals surface area contributed by atoms with E-state index in [-0.39, 0.29) is 0 Å². The number of para-hydroxylation sites is 4. The molecule has 0 saturated heterocycles. The third kappa shape index (κ3) is 3.69. The van der Waals surface area contributed by atoms with Crippen LogP contribution in [0.5, 0.6) is 0 Å². The molecule has 3 nitrogen and oxygen atoms in total. The number of hydrogen-bond acceptors (Lipinski definition) is 2. The van der Waals surface area contributed by atoms with E-state index in [9.17, 15) is 0 Å². The quantitative estimate of drug-likeness (QED) is 0.192. The predicted molar refractivity (Wildman–Crippen MR) is 192 cm³/mol. The highest BCUT2D eigenvalue weighted by atomic mass is 15.2. The predicted octanol–water partition coefficient (Wildman–Crippen LogP) is 10.9. The molecule has 0 radical (unpaired) electrons. The van der Waals surface area contributed by atoms with Crippen LogP contribution in [0.25, 0.3) is 60.6 Å². The Morgan fingerprint density at radius 1 is 0.500 bits per heavy atom. The molecule has 2 atom stereocenters. The smallest absolute Gasteiger partial charge is 0.146 e. The van der Waals surface area contributed by atoms with Gasteiger partial charge < -0.3 is 4.90 Å². The monoisotopic (exact) mass is 587 g/mol. The van der Waals surface area contributed by atoms with Crippen LogP contribution < -0.4 is 4.90 Å². The first kappa shape index (κ1) is 25.4. The van der Waals surface area contributed by atoms with Gasteiger partial charge in [-0.15, -0.1) is 0 Å². The van der Waals surface area contributed by atoms with Crippen molar-refractivity contribution in [3.05, 3.63) is 169 Å². The fourth-order valence-electron chi connectivity index (χ4n) is 7.77. The molecule has 0 bridgehead atoms. The topological polar surface area (TPSA) is 20.5 Å². The summed E-state index contributed by atoms with van der Waals surface area (Å²) >= 11 is 0. The minimum absolute atomic E-state index is 0.308. The van der Waals surface area contributed by atoms with Gasteiger partial charge in [0.05, 0.1) is 22.6 Å². The Morgan fingerprint density at radius 3 is 2.13 bits per heavy atom. The number of benzene rings is 6. The summed E-state index contributed by atoms with van der Waals surface area (Å²) in [5.41, 5.74) is 13.1. The van der Waals surface area contributed by atoms with Gasteiger partial charge in [0.15, 0.2) is 0 Å². The van der Waals surface area contributed by atoms with Crippen LogP contribution in [0.4, 0.5) is 11.4 Å². The Labute approximate surface area is 267 Å². The average Bonchev–Trinajstić information content (AvgIpc) is 3.69. The van der Waals surface area contributed by atoms with E-state index in [4.69, 9.17) is 4.98 Å². The van der Waals surface area contributed by atoms with E-state index in [0.29, 0.717) is 12.0 Å². The number of anilines is 2. The Hall–Kier alpha value is -5.93. The molecule has 46 heavy (non-hydrogen) atoms. The van der Waals surface area contributed by atoms with E-state index in [1.807, 2.05) is 0 Å². The maximum atomic E-state index is 5.07. The first-order chi connectivity index (χ1) is 22.8. The lowest BCUT2D eigenvalue weighted by Gasteiger charge is -2.28. The maximum absolute atomic E-state index is 5.07. The lowest BCUT2D eigenvalue weighted by atomic mass is 9.91. The first-order valence-electron chi connectivity index (χ1n) is 16.0. The van der Waals surface area contributed by atoms with Gasteiger partial charge in [-0.2, -0.15) is 0 Å². The average molecular weight is 588 g/mol. The van der Waals surface area contributed by atoms with Crippen LogP contribution in [0, 0.1) is 0 Å². The number of hydrogen-bond donors (Lipinski definition) is 0. The van der Waals surface area contributed by atoms with E-state index in [2.05, 4.69) is 173 Å². The minimum Gasteiger partial charge on any atom is -0.333 e. The highest BCUT2D eigenvalue weighted by Crippen LogP contribution is 2.47. The molecule has 1 aliphatic carbocycles. The van der Waals surface area contributed by atoms with E-state index < -0.39 is 0 Å². The van der Waals surface area contributed by atoms with Gasteiger partial charge in [0.1, 0.15) is 5.65 Å². The van der Waals surface area contributed by atoms with Gasteiger partial charge >= 0.3 is 0 Å². The molecule has 216 valence electrons. The summed E-state index contributed by atoms with van der Waals surface area (Å²) in [5.74, 6) is 0.389. The summed E-state index contributed by atoms with van der Waals surface area (Å²) in [6.45, 7) is 0. The molecular formula is C43H29N3. The molecule has 0 saturated carbocycles. The summed E-state index contributed by atoms with van der Waals surface area (Å²) < 4.78 is 2.30. The number of rotatable bonds is 3. The van der Waals surface area contributed by atoms with E-state index in [1.165, 1.54) is 60.9 Å². The second-order valence-electron chi connectivity index (χ2n) is 12.4. The highest BCUT2D eigenvalue weighted by molar-refractivity contribution is 6.14. The molecule has 2 aromatic heterocycles. The van der Waals surface area contributed by atoms with Crippen molar-refractivity contribution in [3.8, 4) is 22.3 Å². The highest BCUT2D eigenvalue weighted by Gasteiger charge is 2.36. The summed E-state index contributed by atoms with van der Waals surface area (Å²) in [6.07, 6.45) is 9.01. The van der Waals surface area contributed by atoms with Gasteiger partial charge in [-0.3, -0.25) is 4.40 Å². The maximum Gasteiger partial charge on any atom is 0.146 e. The van der Waals surface area contributed by atoms with Gasteiger partial charge in [0, 0.05) is 28.1 Å². The Bertz CT molecular complexity index is 2550. The fraction of sp³-hybridized carbons (Fsp3) is 0.0465. The molecule has 3 heterocycles. The number of pyridine rings is 1. The normalized spacial score (nSPS) is 16.9. The van der Waals surface area contributed by atoms with Gasteiger partial charge in [0.25, 0.3) is 0 Å². The van der Waals surface area contributed by atoms with Crippen LogP contribution in [0.2, 0.25) is 0 Å². The van der Waals surface area contributed by atoms with Crippen molar-refractivity contribution in [1.82, 2.24) is 9.38 Å². The van der Waals surface area contributed by atoms with Gasteiger partial charge in [-0.05, 0) is 87.8 Å². The van der Waals surface area contributed by atoms with Crippen LogP contribution in [-0.4, -0.2) is 15.4 Å². The van der Waals surface area contributed by atoms with Gasteiger partial charge in [0.2, 0.25) is 0 Å². The standard InChI is InChI=1S/C43H29N3/c1-5-16-39-33(12-1)34-13-2-6-17-40(34)45(39)32-23-20-28(21-24-32)29-10-9-11-30(26-29)31-22-25-36-37(27-31)35-14-3-7-18-41(35)46-42-19-8-4-15-38(42)44-43(36)46/h1-27,33,39H. The van der Waals surface area contributed by atoms with Crippen LogP contribution in [-0.2, 0) is 0 Å². The summed E-state index contributed by atoms with van der Waals surface area (Å²) in [6, 6.07) is 51.0. The minimum atomic E-state index is 0.308. The zero-order valence-electron chi connectivity index (χ0n) is 25.1. The SMILES string of the molecule is C1=CC2c3ccccc3N(c3ccc(-c4cccc(-c5ccc6c(c5)c5ccccc5n5c7ccccc7nc65)c4)cc3)C2C=C1. The van der Waals surface area contributed by atoms with Crippen molar-refractivity contribution in [2.45, 2.75) is 12.0 Å². The third-order valence-electron chi connectivity index (χ3n) is 9.89. The Balaban J connectivity index is 1.05. The molecule has 2 unspecified atom stereocenters.